The number of benzene rings is 2. The third kappa shape index (κ3) is 3.71. The van der Waals surface area contributed by atoms with Gasteiger partial charge < -0.3 is 9.47 Å². The minimum Gasteiger partial charge on any atom is -0.497 e. The summed E-state index contributed by atoms with van der Waals surface area (Å²) in [6.07, 6.45) is 3.29. The molecule has 0 unspecified atom stereocenters. The van der Waals surface area contributed by atoms with E-state index in [0.29, 0.717) is 22.7 Å². The second-order valence-electron chi connectivity index (χ2n) is 5.42. The van der Waals surface area contributed by atoms with Gasteiger partial charge in [-0.05, 0) is 24.3 Å². The van der Waals surface area contributed by atoms with E-state index in [9.17, 15) is 8.42 Å². The molecule has 0 aliphatic carbocycles. The average Bonchev–Trinajstić information content (AvgIpc) is 3.21. The number of para-hydroxylation sites is 1. The lowest BCUT2D eigenvalue weighted by Gasteiger charge is -2.13. The van der Waals surface area contributed by atoms with E-state index < -0.39 is 10.0 Å². The number of rotatable bonds is 7. The highest BCUT2D eigenvalue weighted by Crippen LogP contribution is 2.25. The van der Waals surface area contributed by atoms with Gasteiger partial charge in [-0.1, -0.05) is 18.2 Å². The smallest absolute Gasteiger partial charge is 0.243 e. The van der Waals surface area contributed by atoms with Gasteiger partial charge in [0, 0.05) is 30.6 Å². The molecule has 3 aromatic rings. The molecule has 8 heteroatoms. The summed E-state index contributed by atoms with van der Waals surface area (Å²) >= 11 is 0. The number of hydrogen-bond acceptors (Lipinski definition) is 5. The van der Waals surface area contributed by atoms with Crippen molar-refractivity contribution in [3.8, 4) is 17.2 Å². The molecule has 0 saturated heterocycles. The maximum absolute atomic E-state index is 12.8. The molecule has 136 valence electrons. The van der Waals surface area contributed by atoms with Crippen LogP contribution in [0, 0.1) is 0 Å². The summed E-state index contributed by atoms with van der Waals surface area (Å²) in [7, 11) is -0.667. The summed E-state index contributed by atoms with van der Waals surface area (Å²) in [6, 6.07) is 13.7. The Kier molecular flexibility index (Phi) is 5.24. The molecule has 0 radical (unpaired) electrons. The van der Waals surface area contributed by atoms with Crippen LogP contribution in [0.5, 0.6) is 11.5 Å². The lowest BCUT2D eigenvalue weighted by Crippen LogP contribution is -2.24. The molecule has 0 atom stereocenters. The van der Waals surface area contributed by atoms with Crippen LogP contribution >= 0.6 is 0 Å². The second kappa shape index (κ2) is 7.59. The molecule has 2 aromatic carbocycles. The molecule has 0 spiro atoms. The number of nitrogens with one attached hydrogen (secondary N) is 1. The minimum atomic E-state index is -3.75. The zero-order valence-corrected chi connectivity index (χ0v) is 15.2. The lowest BCUT2D eigenvalue weighted by atomic mass is 10.2. The first kappa shape index (κ1) is 18.0. The van der Waals surface area contributed by atoms with Crippen LogP contribution in [0.4, 0.5) is 0 Å². The van der Waals surface area contributed by atoms with Crippen LogP contribution in [-0.4, -0.2) is 32.4 Å². The largest absolute Gasteiger partial charge is 0.497 e. The van der Waals surface area contributed by atoms with Crippen LogP contribution < -0.4 is 14.2 Å². The van der Waals surface area contributed by atoms with Crippen LogP contribution in [0.1, 0.15) is 5.56 Å². The molecule has 0 amide bonds. The van der Waals surface area contributed by atoms with Crippen molar-refractivity contribution in [1.82, 2.24) is 14.5 Å². The van der Waals surface area contributed by atoms with Gasteiger partial charge in [-0.25, -0.2) is 17.8 Å². The average molecular weight is 373 g/mol. The lowest BCUT2D eigenvalue weighted by molar-refractivity contribution is 0.390. The SMILES string of the molecule is COc1ccc(CNS(=O)(=O)c2ccccc2-n2cccn2)c(OC)c1. The van der Waals surface area contributed by atoms with Crippen LogP contribution in [0.2, 0.25) is 0 Å². The zero-order valence-electron chi connectivity index (χ0n) is 14.4. The molecule has 0 fully saturated rings. The Morgan fingerprint density at radius 3 is 2.58 bits per heavy atom. The van der Waals surface area contributed by atoms with E-state index in [0.717, 1.165) is 0 Å². The highest BCUT2D eigenvalue weighted by molar-refractivity contribution is 7.89. The van der Waals surface area contributed by atoms with Crippen molar-refractivity contribution in [2.24, 2.45) is 0 Å². The standard InChI is InChI=1S/C18H19N3O4S/c1-24-15-9-8-14(17(12-15)25-2)13-20-26(22,23)18-7-4-3-6-16(18)21-11-5-10-19-21/h3-12,20H,13H2,1-2H3. The Morgan fingerprint density at radius 1 is 1.08 bits per heavy atom. The van der Waals surface area contributed by atoms with Crippen molar-refractivity contribution in [3.05, 3.63) is 66.5 Å². The highest BCUT2D eigenvalue weighted by Gasteiger charge is 2.20. The molecule has 0 bridgehead atoms. The predicted molar refractivity (Wildman–Crippen MR) is 97.1 cm³/mol. The first-order valence-electron chi connectivity index (χ1n) is 7.85. The van der Waals surface area contributed by atoms with Crippen LogP contribution in [0.25, 0.3) is 5.69 Å². The first-order chi connectivity index (χ1) is 12.5. The monoisotopic (exact) mass is 373 g/mol. The topological polar surface area (TPSA) is 82.5 Å². The molecule has 1 N–H and O–H groups in total. The molecule has 7 nitrogen and oxygen atoms in total. The van der Waals surface area contributed by atoms with E-state index in [2.05, 4.69) is 9.82 Å². The Hall–Kier alpha value is -2.84. The minimum absolute atomic E-state index is 0.0863. The van der Waals surface area contributed by atoms with Gasteiger partial charge in [0.25, 0.3) is 0 Å². The Bertz CT molecular complexity index is 985. The summed E-state index contributed by atoms with van der Waals surface area (Å²) in [5.41, 5.74) is 1.18. The van der Waals surface area contributed by atoms with Gasteiger partial charge in [-0.2, -0.15) is 5.10 Å². The van der Waals surface area contributed by atoms with Crippen LogP contribution in [0.15, 0.2) is 65.8 Å². The summed E-state index contributed by atoms with van der Waals surface area (Å²) in [4.78, 5) is 0.149. The third-order valence-corrected chi connectivity index (χ3v) is 5.30. The number of sulfonamides is 1. The van der Waals surface area contributed by atoms with Gasteiger partial charge in [0.05, 0.1) is 19.9 Å². The number of hydrogen-bond donors (Lipinski definition) is 1. The fourth-order valence-electron chi connectivity index (χ4n) is 2.53. The number of nitrogens with zero attached hydrogens (tertiary/aromatic N) is 2. The molecule has 26 heavy (non-hydrogen) atoms. The Balaban J connectivity index is 1.87. The summed E-state index contributed by atoms with van der Waals surface area (Å²) < 4.78 is 40.3. The first-order valence-corrected chi connectivity index (χ1v) is 9.33. The number of ether oxygens (including phenoxy) is 2. The van der Waals surface area contributed by atoms with Gasteiger partial charge in [0.15, 0.2) is 0 Å². The van der Waals surface area contributed by atoms with Crippen molar-refractivity contribution in [2.45, 2.75) is 11.4 Å². The van der Waals surface area contributed by atoms with Crippen LogP contribution in [-0.2, 0) is 16.6 Å². The second-order valence-corrected chi connectivity index (χ2v) is 7.16. The quantitative estimate of drug-likeness (QED) is 0.687. The fourth-order valence-corrected chi connectivity index (χ4v) is 3.73. The van der Waals surface area contributed by atoms with E-state index in [1.54, 1.807) is 68.0 Å². The number of aromatic nitrogens is 2. The normalized spacial score (nSPS) is 11.3. The molecule has 3 rings (SSSR count). The van der Waals surface area contributed by atoms with Crippen molar-refractivity contribution >= 4 is 10.0 Å². The fraction of sp³-hybridized carbons (Fsp3) is 0.167. The Labute approximate surface area is 152 Å². The maximum atomic E-state index is 12.8. The molecule has 1 heterocycles. The van der Waals surface area contributed by atoms with Crippen molar-refractivity contribution in [2.75, 3.05) is 14.2 Å². The third-order valence-electron chi connectivity index (χ3n) is 3.85. The Morgan fingerprint density at radius 2 is 1.88 bits per heavy atom. The molecule has 0 aliphatic heterocycles. The van der Waals surface area contributed by atoms with Gasteiger partial charge in [0.1, 0.15) is 16.4 Å². The van der Waals surface area contributed by atoms with E-state index in [1.165, 1.54) is 11.8 Å². The highest BCUT2D eigenvalue weighted by atomic mass is 32.2. The van der Waals surface area contributed by atoms with Gasteiger partial charge in [-0.3, -0.25) is 0 Å². The van der Waals surface area contributed by atoms with Gasteiger partial charge in [0.2, 0.25) is 10.0 Å². The van der Waals surface area contributed by atoms with Crippen molar-refractivity contribution < 1.29 is 17.9 Å². The summed E-state index contributed by atoms with van der Waals surface area (Å²) in [5, 5.41) is 4.12. The summed E-state index contributed by atoms with van der Waals surface area (Å²) in [6.45, 7) is 0.0863. The van der Waals surface area contributed by atoms with Crippen molar-refractivity contribution in [3.63, 3.8) is 0 Å². The van der Waals surface area contributed by atoms with E-state index in [4.69, 9.17) is 9.47 Å². The molecular formula is C18H19N3O4S. The molecular weight excluding hydrogens is 354 g/mol. The molecule has 0 saturated carbocycles. The van der Waals surface area contributed by atoms with Crippen LogP contribution in [0.3, 0.4) is 0 Å². The maximum Gasteiger partial charge on any atom is 0.243 e. The zero-order chi connectivity index (χ0) is 18.6. The van der Waals surface area contributed by atoms with Gasteiger partial charge >= 0.3 is 0 Å². The van der Waals surface area contributed by atoms with E-state index in [1.807, 2.05) is 0 Å². The molecule has 0 aliphatic rings. The number of methoxy groups -OCH3 is 2. The molecule has 1 aromatic heterocycles. The predicted octanol–water partition coefficient (Wildman–Crippen LogP) is 2.37. The van der Waals surface area contributed by atoms with Gasteiger partial charge in [-0.15, -0.1) is 0 Å². The van der Waals surface area contributed by atoms with Crippen molar-refractivity contribution in [1.29, 1.82) is 0 Å². The van der Waals surface area contributed by atoms with E-state index in [-0.39, 0.29) is 11.4 Å². The van der Waals surface area contributed by atoms with E-state index >= 15 is 0 Å². The summed E-state index contributed by atoms with van der Waals surface area (Å²) in [5.74, 6) is 1.19.